The summed E-state index contributed by atoms with van der Waals surface area (Å²) in [6.07, 6.45) is 2.79. The molecule has 2 aromatic carbocycles. The summed E-state index contributed by atoms with van der Waals surface area (Å²) >= 11 is 0. The summed E-state index contributed by atoms with van der Waals surface area (Å²) in [5.41, 5.74) is 2.89. The Balaban J connectivity index is 1.18. The molecule has 2 amide bonds. The Kier molecular flexibility index (Phi) is 5.92. The number of benzene rings is 2. The number of imidazole rings is 1. The van der Waals surface area contributed by atoms with Crippen LogP contribution < -0.4 is 5.32 Å². The smallest absolute Gasteiger partial charge is 0.274 e. The molecule has 3 aromatic rings. The van der Waals surface area contributed by atoms with E-state index in [1.165, 1.54) is 24.3 Å². The predicted octanol–water partition coefficient (Wildman–Crippen LogP) is 3.78. The molecule has 5 rings (SSSR count). The van der Waals surface area contributed by atoms with Crippen molar-refractivity contribution in [1.82, 2.24) is 14.5 Å². The summed E-state index contributed by atoms with van der Waals surface area (Å²) in [5, 5.41) is 2.83. The number of rotatable bonds is 4. The molecule has 0 saturated carbocycles. The van der Waals surface area contributed by atoms with Crippen LogP contribution in [0.5, 0.6) is 0 Å². The lowest BCUT2D eigenvalue weighted by atomic mass is 9.95. The van der Waals surface area contributed by atoms with Crippen LogP contribution in [0.25, 0.3) is 0 Å². The first-order valence-corrected chi connectivity index (χ1v) is 11.1. The molecule has 8 heteroatoms. The second-order valence-corrected chi connectivity index (χ2v) is 8.47. The second kappa shape index (κ2) is 9.15. The van der Waals surface area contributed by atoms with Gasteiger partial charge in [-0.2, -0.15) is 0 Å². The van der Waals surface area contributed by atoms with E-state index in [1.54, 1.807) is 11.2 Å². The van der Waals surface area contributed by atoms with Crippen LogP contribution in [0.4, 0.5) is 10.1 Å². The molecule has 1 aromatic heterocycles. The zero-order valence-corrected chi connectivity index (χ0v) is 18.1. The SMILES string of the molecule is O=C(Nc1ccc(F)cc1)C1CCN(C(=O)c2ncn3c2COC(c2ccccc2)C3)CC1. The van der Waals surface area contributed by atoms with E-state index in [2.05, 4.69) is 10.3 Å². The Morgan fingerprint density at radius 1 is 1.03 bits per heavy atom. The van der Waals surface area contributed by atoms with Gasteiger partial charge in [-0.25, -0.2) is 9.37 Å². The van der Waals surface area contributed by atoms with Crippen LogP contribution in [0.15, 0.2) is 60.9 Å². The highest BCUT2D eigenvalue weighted by molar-refractivity contribution is 5.95. The fraction of sp³-hybridized carbons (Fsp3) is 0.320. The minimum Gasteiger partial charge on any atom is -0.365 e. The highest BCUT2D eigenvalue weighted by Gasteiger charge is 2.32. The maximum absolute atomic E-state index is 13.1. The zero-order chi connectivity index (χ0) is 22.8. The van der Waals surface area contributed by atoms with E-state index in [9.17, 15) is 14.0 Å². The van der Waals surface area contributed by atoms with Crippen LogP contribution in [-0.4, -0.2) is 39.4 Å². The standard InChI is InChI=1S/C25H25FN4O3/c26-19-6-8-20(9-7-19)28-24(31)18-10-12-29(13-11-18)25(32)23-21-15-33-22(14-30(21)16-27-23)17-4-2-1-3-5-17/h1-9,16,18,22H,10-15H2,(H,28,31). The van der Waals surface area contributed by atoms with E-state index in [1.807, 2.05) is 34.9 Å². The molecule has 7 nitrogen and oxygen atoms in total. The van der Waals surface area contributed by atoms with Crippen LogP contribution in [0.2, 0.25) is 0 Å². The van der Waals surface area contributed by atoms with Gasteiger partial charge in [-0.1, -0.05) is 30.3 Å². The highest BCUT2D eigenvalue weighted by Crippen LogP contribution is 2.29. The molecule has 1 N–H and O–H groups in total. The lowest BCUT2D eigenvalue weighted by molar-refractivity contribution is -0.121. The Labute approximate surface area is 191 Å². The third-order valence-electron chi connectivity index (χ3n) is 6.37. The first-order chi connectivity index (χ1) is 16.1. The Bertz CT molecular complexity index is 1140. The number of nitrogens with zero attached hydrogens (tertiary/aromatic N) is 3. The highest BCUT2D eigenvalue weighted by atomic mass is 19.1. The predicted molar refractivity (Wildman–Crippen MR) is 120 cm³/mol. The maximum atomic E-state index is 13.1. The van der Waals surface area contributed by atoms with E-state index in [-0.39, 0.29) is 29.7 Å². The molecular weight excluding hydrogens is 423 g/mol. The van der Waals surface area contributed by atoms with Crippen molar-refractivity contribution in [3.8, 4) is 0 Å². The van der Waals surface area contributed by atoms with E-state index >= 15 is 0 Å². The largest absolute Gasteiger partial charge is 0.365 e. The monoisotopic (exact) mass is 448 g/mol. The average Bonchev–Trinajstić information content (AvgIpc) is 3.29. The van der Waals surface area contributed by atoms with Crippen molar-refractivity contribution in [3.05, 3.63) is 83.7 Å². The third kappa shape index (κ3) is 4.52. The number of anilines is 1. The van der Waals surface area contributed by atoms with Gasteiger partial charge in [0.25, 0.3) is 5.91 Å². The minimum absolute atomic E-state index is 0.0637. The molecule has 1 fully saturated rings. The van der Waals surface area contributed by atoms with Crippen molar-refractivity contribution in [1.29, 1.82) is 0 Å². The first kappa shape index (κ1) is 21.3. The molecule has 1 saturated heterocycles. The summed E-state index contributed by atoms with van der Waals surface area (Å²) < 4.78 is 21.1. The normalized spacial score (nSPS) is 18.6. The second-order valence-electron chi connectivity index (χ2n) is 8.47. The topological polar surface area (TPSA) is 76.5 Å². The van der Waals surface area contributed by atoms with E-state index in [4.69, 9.17) is 4.74 Å². The number of aromatic nitrogens is 2. The summed E-state index contributed by atoms with van der Waals surface area (Å²) in [6, 6.07) is 15.7. The molecule has 1 atom stereocenters. The molecular formula is C25H25FN4O3. The number of hydrogen-bond acceptors (Lipinski definition) is 4. The number of hydrogen-bond donors (Lipinski definition) is 1. The molecule has 0 spiro atoms. The summed E-state index contributed by atoms with van der Waals surface area (Å²) in [4.78, 5) is 31.9. The molecule has 0 bridgehead atoms. The van der Waals surface area contributed by atoms with Crippen molar-refractivity contribution >= 4 is 17.5 Å². The van der Waals surface area contributed by atoms with Gasteiger partial charge < -0.3 is 19.5 Å². The Hall–Kier alpha value is -3.52. The van der Waals surface area contributed by atoms with Gasteiger partial charge in [-0.3, -0.25) is 9.59 Å². The van der Waals surface area contributed by atoms with Gasteiger partial charge in [0.15, 0.2) is 5.69 Å². The van der Waals surface area contributed by atoms with Crippen LogP contribution in [0.3, 0.4) is 0 Å². The number of ether oxygens (including phenoxy) is 1. The molecule has 2 aliphatic rings. The number of carbonyl (C=O) groups is 2. The number of nitrogens with one attached hydrogen (secondary N) is 1. The van der Waals surface area contributed by atoms with E-state index < -0.39 is 0 Å². The first-order valence-electron chi connectivity index (χ1n) is 11.1. The fourth-order valence-electron chi connectivity index (χ4n) is 4.45. The third-order valence-corrected chi connectivity index (χ3v) is 6.37. The summed E-state index contributed by atoms with van der Waals surface area (Å²) in [7, 11) is 0. The summed E-state index contributed by atoms with van der Waals surface area (Å²) in [5.74, 6) is -0.761. The van der Waals surface area contributed by atoms with Gasteiger partial charge in [0, 0.05) is 24.7 Å². The lowest BCUT2D eigenvalue weighted by Gasteiger charge is -2.31. The molecule has 3 heterocycles. The van der Waals surface area contributed by atoms with Gasteiger partial charge in [0.05, 0.1) is 25.2 Å². The van der Waals surface area contributed by atoms with Gasteiger partial charge in [-0.05, 0) is 42.7 Å². The minimum atomic E-state index is -0.345. The molecule has 0 aliphatic carbocycles. The number of amides is 2. The molecule has 1 unspecified atom stereocenters. The number of halogens is 1. The van der Waals surface area contributed by atoms with Crippen molar-refractivity contribution in [2.45, 2.75) is 32.1 Å². The fourth-order valence-corrected chi connectivity index (χ4v) is 4.45. The van der Waals surface area contributed by atoms with Crippen molar-refractivity contribution in [2.75, 3.05) is 18.4 Å². The number of piperidine rings is 1. The van der Waals surface area contributed by atoms with Crippen LogP contribution >= 0.6 is 0 Å². The van der Waals surface area contributed by atoms with Crippen LogP contribution in [0, 0.1) is 11.7 Å². The van der Waals surface area contributed by atoms with Crippen molar-refractivity contribution in [2.24, 2.45) is 5.92 Å². The van der Waals surface area contributed by atoms with Gasteiger partial charge in [-0.15, -0.1) is 0 Å². The average molecular weight is 448 g/mol. The molecule has 0 radical (unpaired) electrons. The van der Waals surface area contributed by atoms with E-state index in [0.717, 1.165) is 11.3 Å². The Morgan fingerprint density at radius 2 is 1.76 bits per heavy atom. The zero-order valence-electron chi connectivity index (χ0n) is 18.1. The maximum Gasteiger partial charge on any atom is 0.274 e. The van der Waals surface area contributed by atoms with Crippen LogP contribution in [0.1, 0.15) is 40.7 Å². The number of fused-ring (bicyclic) bond motifs is 1. The number of likely N-dealkylation sites (tertiary alicyclic amines) is 1. The number of carbonyl (C=O) groups excluding carboxylic acids is 2. The van der Waals surface area contributed by atoms with Gasteiger partial charge in [0.1, 0.15) is 11.9 Å². The van der Waals surface area contributed by atoms with Gasteiger partial charge >= 0.3 is 0 Å². The van der Waals surface area contributed by atoms with Crippen LogP contribution in [-0.2, 0) is 22.7 Å². The van der Waals surface area contributed by atoms with Crippen molar-refractivity contribution < 1.29 is 18.7 Å². The molecule has 33 heavy (non-hydrogen) atoms. The quantitative estimate of drug-likeness (QED) is 0.659. The lowest BCUT2D eigenvalue weighted by Crippen LogP contribution is -2.42. The molecule has 2 aliphatic heterocycles. The van der Waals surface area contributed by atoms with Crippen molar-refractivity contribution in [3.63, 3.8) is 0 Å². The summed E-state index contributed by atoms with van der Waals surface area (Å²) in [6.45, 7) is 1.92. The van der Waals surface area contributed by atoms with E-state index in [0.29, 0.717) is 50.5 Å². The van der Waals surface area contributed by atoms with Gasteiger partial charge in [0.2, 0.25) is 5.91 Å². The molecule has 170 valence electrons. The Morgan fingerprint density at radius 3 is 2.48 bits per heavy atom.